The van der Waals surface area contributed by atoms with E-state index in [0.717, 1.165) is 0 Å². The Morgan fingerprint density at radius 3 is 2.81 bits per heavy atom. The molecule has 1 aromatic rings. The zero-order valence-electron chi connectivity index (χ0n) is 9.37. The first kappa shape index (κ1) is 12.6. The van der Waals surface area contributed by atoms with Crippen molar-refractivity contribution in [1.82, 2.24) is 5.32 Å². The van der Waals surface area contributed by atoms with Crippen molar-refractivity contribution in [3.05, 3.63) is 35.6 Å². The van der Waals surface area contributed by atoms with Crippen molar-refractivity contribution < 1.29 is 9.18 Å². The Bertz CT molecular complexity index is 355. The van der Waals surface area contributed by atoms with E-state index in [2.05, 4.69) is 5.32 Å². The van der Waals surface area contributed by atoms with E-state index in [1.165, 1.54) is 6.07 Å². The van der Waals surface area contributed by atoms with Crippen molar-refractivity contribution in [1.29, 1.82) is 0 Å². The molecule has 0 aliphatic rings. The summed E-state index contributed by atoms with van der Waals surface area (Å²) in [4.78, 5) is 10.5. The second-order valence-corrected chi connectivity index (χ2v) is 3.77. The number of halogens is 1. The lowest BCUT2D eigenvalue weighted by Gasteiger charge is -2.14. The molecule has 0 bridgehead atoms. The first-order valence-electron chi connectivity index (χ1n) is 5.37. The van der Waals surface area contributed by atoms with E-state index in [1.807, 2.05) is 6.92 Å². The molecule has 0 fully saturated rings. The third-order valence-electron chi connectivity index (χ3n) is 2.42. The largest absolute Gasteiger partial charge is 0.370 e. The lowest BCUT2D eigenvalue weighted by atomic mass is 10.1. The second kappa shape index (κ2) is 6.23. The average molecular weight is 224 g/mol. The molecule has 0 saturated heterocycles. The van der Waals surface area contributed by atoms with Gasteiger partial charge in [0.25, 0.3) is 0 Å². The Kier molecular flexibility index (Phi) is 4.92. The molecule has 0 heterocycles. The van der Waals surface area contributed by atoms with E-state index in [9.17, 15) is 9.18 Å². The molecule has 1 aromatic carbocycles. The highest BCUT2D eigenvalue weighted by Gasteiger charge is 2.08. The molecule has 0 radical (unpaired) electrons. The monoisotopic (exact) mass is 224 g/mol. The lowest BCUT2D eigenvalue weighted by molar-refractivity contribution is -0.118. The van der Waals surface area contributed by atoms with Crippen LogP contribution in [-0.2, 0) is 4.79 Å². The zero-order valence-corrected chi connectivity index (χ0v) is 9.37. The summed E-state index contributed by atoms with van der Waals surface area (Å²) in [6.07, 6.45) is 1.03. The van der Waals surface area contributed by atoms with Crippen molar-refractivity contribution in [2.45, 2.75) is 25.8 Å². The lowest BCUT2D eigenvalue weighted by Crippen LogP contribution is -2.22. The maximum Gasteiger partial charge on any atom is 0.217 e. The molecule has 88 valence electrons. The van der Waals surface area contributed by atoms with Crippen LogP contribution in [0, 0.1) is 5.82 Å². The Balaban J connectivity index is 2.38. The average Bonchev–Trinajstić information content (AvgIpc) is 2.24. The topological polar surface area (TPSA) is 55.1 Å². The summed E-state index contributed by atoms with van der Waals surface area (Å²) in [5.74, 6) is -0.516. The van der Waals surface area contributed by atoms with Gasteiger partial charge < -0.3 is 11.1 Å². The minimum atomic E-state index is -0.305. The van der Waals surface area contributed by atoms with Crippen LogP contribution in [0.3, 0.4) is 0 Å². The molecule has 4 heteroatoms. The van der Waals surface area contributed by atoms with Crippen LogP contribution in [-0.4, -0.2) is 12.5 Å². The molecule has 0 aliphatic carbocycles. The number of amides is 1. The highest BCUT2D eigenvalue weighted by molar-refractivity contribution is 5.73. The Morgan fingerprint density at radius 1 is 1.50 bits per heavy atom. The Hall–Kier alpha value is -1.42. The fourth-order valence-electron chi connectivity index (χ4n) is 1.52. The van der Waals surface area contributed by atoms with Crippen LogP contribution < -0.4 is 11.1 Å². The van der Waals surface area contributed by atoms with Gasteiger partial charge in [-0.2, -0.15) is 0 Å². The van der Waals surface area contributed by atoms with E-state index < -0.39 is 0 Å². The minimum absolute atomic E-state index is 0.0610. The third kappa shape index (κ3) is 3.98. The maximum atomic E-state index is 13.4. The zero-order chi connectivity index (χ0) is 12.0. The van der Waals surface area contributed by atoms with Gasteiger partial charge in [-0.3, -0.25) is 4.79 Å². The number of nitrogens with one attached hydrogen (secondary N) is 1. The summed E-state index contributed by atoms with van der Waals surface area (Å²) in [6, 6.07) is 6.60. The van der Waals surface area contributed by atoms with Crippen molar-refractivity contribution in [2.75, 3.05) is 6.54 Å². The standard InChI is InChI=1S/C12H17FN2O/c1-9(15-8-4-7-12(14)16)10-5-2-3-6-11(10)13/h2-3,5-6,9,15H,4,7-8H2,1H3,(H2,14,16). The molecule has 0 saturated carbocycles. The van der Waals surface area contributed by atoms with Crippen molar-refractivity contribution >= 4 is 5.91 Å². The van der Waals surface area contributed by atoms with Crippen molar-refractivity contribution in [3.63, 3.8) is 0 Å². The van der Waals surface area contributed by atoms with E-state index >= 15 is 0 Å². The van der Waals surface area contributed by atoms with E-state index in [-0.39, 0.29) is 17.8 Å². The smallest absolute Gasteiger partial charge is 0.217 e. The molecular formula is C12H17FN2O. The molecule has 0 spiro atoms. The summed E-state index contributed by atoms with van der Waals surface area (Å²) in [5, 5.41) is 3.15. The quantitative estimate of drug-likeness (QED) is 0.723. The molecule has 3 nitrogen and oxygen atoms in total. The molecule has 0 aliphatic heterocycles. The molecule has 3 N–H and O–H groups in total. The number of benzene rings is 1. The van der Waals surface area contributed by atoms with Crippen molar-refractivity contribution in [3.8, 4) is 0 Å². The molecule has 1 unspecified atom stereocenters. The van der Waals surface area contributed by atoms with Crippen LogP contribution in [0.5, 0.6) is 0 Å². The van der Waals surface area contributed by atoms with Crippen LogP contribution in [0.1, 0.15) is 31.4 Å². The first-order chi connectivity index (χ1) is 7.61. The van der Waals surface area contributed by atoms with Gasteiger partial charge in [-0.05, 0) is 26.0 Å². The number of hydrogen-bond donors (Lipinski definition) is 2. The first-order valence-corrected chi connectivity index (χ1v) is 5.37. The summed E-state index contributed by atoms with van der Waals surface area (Å²) < 4.78 is 13.4. The predicted molar refractivity (Wildman–Crippen MR) is 61.2 cm³/mol. The van der Waals surface area contributed by atoms with E-state index in [0.29, 0.717) is 24.9 Å². The van der Waals surface area contributed by atoms with Crippen LogP contribution in [0.15, 0.2) is 24.3 Å². The normalized spacial score (nSPS) is 12.4. The summed E-state index contributed by atoms with van der Waals surface area (Å²) in [6.45, 7) is 2.54. The van der Waals surface area contributed by atoms with Crippen LogP contribution in [0.2, 0.25) is 0 Å². The fourth-order valence-corrected chi connectivity index (χ4v) is 1.52. The van der Waals surface area contributed by atoms with Gasteiger partial charge in [-0.25, -0.2) is 4.39 Å². The predicted octanol–water partition coefficient (Wildman–Crippen LogP) is 1.74. The van der Waals surface area contributed by atoms with Gasteiger partial charge in [0.15, 0.2) is 0 Å². The van der Waals surface area contributed by atoms with Gasteiger partial charge >= 0.3 is 0 Å². The summed E-state index contributed by atoms with van der Waals surface area (Å²) in [5.41, 5.74) is 5.66. The number of nitrogens with two attached hydrogens (primary N) is 1. The van der Waals surface area contributed by atoms with Gasteiger partial charge in [-0.15, -0.1) is 0 Å². The summed E-state index contributed by atoms with van der Waals surface area (Å²) >= 11 is 0. The molecular weight excluding hydrogens is 207 g/mol. The highest BCUT2D eigenvalue weighted by atomic mass is 19.1. The van der Waals surface area contributed by atoms with Gasteiger partial charge in [0.05, 0.1) is 0 Å². The number of hydrogen-bond acceptors (Lipinski definition) is 2. The Morgan fingerprint density at radius 2 is 2.19 bits per heavy atom. The maximum absolute atomic E-state index is 13.4. The van der Waals surface area contributed by atoms with Crippen LogP contribution in [0.4, 0.5) is 4.39 Å². The van der Waals surface area contributed by atoms with E-state index in [4.69, 9.17) is 5.73 Å². The van der Waals surface area contributed by atoms with Crippen molar-refractivity contribution in [2.24, 2.45) is 5.73 Å². The van der Waals surface area contributed by atoms with E-state index in [1.54, 1.807) is 18.2 Å². The van der Waals surface area contributed by atoms with Gasteiger partial charge in [-0.1, -0.05) is 18.2 Å². The second-order valence-electron chi connectivity index (χ2n) is 3.77. The highest BCUT2D eigenvalue weighted by Crippen LogP contribution is 2.15. The molecule has 1 atom stereocenters. The number of rotatable bonds is 6. The minimum Gasteiger partial charge on any atom is -0.370 e. The number of primary amides is 1. The number of carbonyl (C=O) groups is 1. The van der Waals surface area contributed by atoms with Crippen LogP contribution in [0.25, 0.3) is 0 Å². The Labute approximate surface area is 94.8 Å². The van der Waals surface area contributed by atoms with Gasteiger partial charge in [0.2, 0.25) is 5.91 Å². The molecule has 16 heavy (non-hydrogen) atoms. The van der Waals surface area contributed by atoms with Gasteiger partial charge in [0.1, 0.15) is 5.82 Å². The molecule has 0 aromatic heterocycles. The molecule has 1 amide bonds. The van der Waals surface area contributed by atoms with Crippen LogP contribution >= 0.6 is 0 Å². The van der Waals surface area contributed by atoms with Gasteiger partial charge in [0, 0.05) is 18.0 Å². The third-order valence-corrected chi connectivity index (χ3v) is 2.42. The fraction of sp³-hybridized carbons (Fsp3) is 0.417. The summed E-state index contributed by atoms with van der Waals surface area (Å²) in [7, 11) is 0. The SMILES string of the molecule is CC(NCCCC(N)=O)c1ccccc1F. The molecule has 1 rings (SSSR count). The number of carbonyl (C=O) groups excluding carboxylic acids is 1.